The van der Waals surface area contributed by atoms with Crippen molar-refractivity contribution in [2.24, 2.45) is 0 Å². The molecule has 0 bridgehead atoms. The van der Waals surface area contributed by atoms with Crippen LogP contribution < -0.4 is 0 Å². The van der Waals surface area contributed by atoms with E-state index < -0.39 is 0 Å². The maximum absolute atomic E-state index is 11.8. The van der Waals surface area contributed by atoms with Crippen LogP contribution in [-0.4, -0.2) is 29.8 Å². The normalized spacial score (nSPS) is 22.2. The molecule has 2 nitrogen and oxygen atoms in total. The molecule has 0 spiro atoms. The number of rotatable bonds is 4. The first-order valence-corrected chi connectivity index (χ1v) is 6.96. The van der Waals surface area contributed by atoms with Crippen LogP contribution in [-0.2, 0) is 0 Å². The van der Waals surface area contributed by atoms with Crippen LogP contribution in [0.3, 0.4) is 0 Å². The Kier molecular flexibility index (Phi) is 4.13. The van der Waals surface area contributed by atoms with Crippen LogP contribution in [0.1, 0.15) is 42.3 Å². The van der Waals surface area contributed by atoms with Crippen LogP contribution in [0.15, 0.2) is 17.5 Å². The lowest BCUT2D eigenvalue weighted by Gasteiger charge is -2.32. The molecule has 3 heteroatoms. The Balaban J connectivity index is 1.80. The van der Waals surface area contributed by atoms with Gasteiger partial charge >= 0.3 is 0 Å². The van der Waals surface area contributed by atoms with Gasteiger partial charge in [0.15, 0.2) is 5.78 Å². The lowest BCUT2D eigenvalue weighted by atomic mass is 10.0. The number of ketones is 1. The molecule has 1 aromatic rings. The lowest BCUT2D eigenvalue weighted by molar-refractivity contribution is 0.0939. The summed E-state index contributed by atoms with van der Waals surface area (Å²) < 4.78 is 0. The predicted molar refractivity (Wildman–Crippen MR) is 68.2 cm³/mol. The highest BCUT2D eigenvalue weighted by Gasteiger charge is 2.19. The minimum absolute atomic E-state index is 0.299. The van der Waals surface area contributed by atoms with Crippen molar-refractivity contribution < 1.29 is 4.79 Å². The average molecular weight is 237 g/mol. The van der Waals surface area contributed by atoms with Gasteiger partial charge < -0.3 is 4.90 Å². The van der Waals surface area contributed by atoms with Gasteiger partial charge in [0.25, 0.3) is 0 Å². The molecule has 0 saturated carbocycles. The second kappa shape index (κ2) is 5.60. The van der Waals surface area contributed by atoms with Crippen LogP contribution in [0.2, 0.25) is 0 Å². The molecular formula is C13H19NOS. The summed E-state index contributed by atoms with van der Waals surface area (Å²) in [5, 5.41) is 1.97. The van der Waals surface area contributed by atoms with E-state index in [4.69, 9.17) is 0 Å². The van der Waals surface area contributed by atoms with Crippen molar-refractivity contribution in [1.82, 2.24) is 4.90 Å². The van der Waals surface area contributed by atoms with E-state index >= 15 is 0 Å². The van der Waals surface area contributed by atoms with E-state index in [0.29, 0.717) is 18.2 Å². The standard InChI is InChI=1S/C13H19NOS/c1-11-5-2-3-8-14(11)9-7-12(15)13-6-4-10-16-13/h4,6,10-11H,2-3,5,7-9H2,1H3/t11-/m1/s1. The van der Waals surface area contributed by atoms with Gasteiger partial charge in [0.1, 0.15) is 0 Å². The molecular weight excluding hydrogens is 218 g/mol. The Hall–Kier alpha value is -0.670. The zero-order valence-electron chi connectivity index (χ0n) is 9.82. The van der Waals surface area contributed by atoms with E-state index in [1.807, 2.05) is 17.5 Å². The topological polar surface area (TPSA) is 20.3 Å². The minimum atomic E-state index is 0.299. The Labute approximate surface area is 101 Å². The highest BCUT2D eigenvalue weighted by atomic mass is 32.1. The van der Waals surface area contributed by atoms with Gasteiger partial charge in [-0.15, -0.1) is 11.3 Å². The zero-order chi connectivity index (χ0) is 11.4. The Morgan fingerprint density at radius 2 is 2.44 bits per heavy atom. The number of Topliss-reactive ketones (excluding diaryl/α,β-unsaturated/α-hetero) is 1. The molecule has 1 aromatic heterocycles. The summed E-state index contributed by atoms with van der Waals surface area (Å²) in [5.41, 5.74) is 0. The summed E-state index contributed by atoms with van der Waals surface area (Å²) in [4.78, 5) is 15.2. The predicted octanol–water partition coefficient (Wildman–Crippen LogP) is 3.20. The molecule has 16 heavy (non-hydrogen) atoms. The van der Waals surface area contributed by atoms with Crippen LogP contribution in [0.25, 0.3) is 0 Å². The van der Waals surface area contributed by atoms with E-state index in [1.165, 1.54) is 25.8 Å². The molecule has 0 amide bonds. The molecule has 0 radical (unpaired) electrons. The Bertz CT molecular complexity index is 334. The fraction of sp³-hybridized carbons (Fsp3) is 0.615. The van der Waals surface area contributed by atoms with E-state index in [-0.39, 0.29) is 0 Å². The number of piperidine rings is 1. The molecule has 0 aromatic carbocycles. The number of hydrogen-bond acceptors (Lipinski definition) is 3. The van der Waals surface area contributed by atoms with Gasteiger partial charge in [-0.1, -0.05) is 12.5 Å². The van der Waals surface area contributed by atoms with Gasteiger partial charge in [-0.05, 0) is 37.8 Å². The van der Waals surface area contributed by atoms with E-state index in [0.717, 1.165) is 11.4 Å². The van der Waals surface area contributed by atoms with Crippen LogP contribution in [0.5, 0.6) is 0 Å². The smallest absolute Gasteiger partial charge is 0.174 e. The Morgan fingerprint density at radius 3 is 3.12 bits per heavy atom. The first kappa shape index (κ1) is 11.8. The van der Waals surface area contributed by atoms with Gasteiger partial charge in [-0.2, -0.15) is 0 Å². The van der Waals surface area contributed by atoms with Crippen LogP contribution in [0, 0.1) is 0 Å². The van der Waals surface area contributed by atoms with Gasteiger partial charge in [0.2, 0.25) is 0 Å². The second-order valence-electron chi connectivity index (χ2n) is 4.53. The van der Waals surface area contributed by atoms with Crippen molar-refractivity contribution in [2.45, 2.75) is 38.6 Å². The quantitative estimate of drug-likeness (QED) is 0.750. The number of carbonyl (C=O) groups is 1. The van der Waals surface area contributed by atoms with Crippen molar-refractivity contribution in [1.29, 1.82) is 0 Å². The summed E-state index contributed by atoms with van der Waals surface area (Å²) >= 11 is 1.55. The van der Waals surface area contributed by atoms with Gasteiger partial charge in [0, 0.05) is 19.0 Å². The van der Waals surface area contributed by atoms with E-state index in [9.17, 15) is 4.79 Å². The maximum Gasteiger partial charge on any atom is 0.174 e. The molecule has 1 atom stereocenters. The van der Waals surface area contributed by atoms with Crippen molar-refractivity contribution in [3.63, 3.8) is 0 Å². The summed E-state index contributed by atoms with van der Waals surface area (Å²) in [7, 11) is 0. The van der Waals surface area contributed by atoms with Crippen molar-refractivity contribution in [3.8, 4) is 0 Å². The average Bonchev–Trinajstić information content (AvgIpc) is 2.81. The highest BCUT2D eigenvalue weighted by Crippen LogP contribution is 2.18. The molecule has 1 aliphatic heterocycles. The molecule has 0 unspecified atom stereocenters. The fourth-order valence-corrected chi connectivity index (χ4v) is 2.99. The van der Waals surface area contributed by atoms with Gasteiger partial charge in [0.05, 0.1) is 4.88 Å². The summed E-state index contributed by atoms with van der Waals surface area (Å²) in [6, 6.07) is 4.53. The summed E-state index contributed by atoms with van der Waals surface area (Å²) in [6.07, 6.45) is 4.59. The summed E-state index contributed by atoms with van der Waals surface area (Å²) in [6.45, 7) is 4.37. The molecule has 2 rings (SSSR count). The van der Waals surface area contributed by atoms with E-state index in [1.54, 1.807) is 11.3 Å². The van der Waals surface area contributed by atoms with Crippen molar-refractivity contribution in [2.75, 3.05) is 13.1 Å². The third kappa shape index (κ3) is 2.92. The number of nitrogens with zero attached hydrogens (tertiary/aromatic N) is 1. The number of hydrogen-bond donors (Lipinski definition) is 0. The molecule has 2 heterocycles. The monoisotopic (exact) mass is 237 g/mol. The molecule has 1 saturated heterocycles. The van der Waals surface area contributed by atoms with Gasteiger partial charge in [-0.25, -0.2) is 0 Å². The maximum atomic E-state index is 11.8. The number of carbonyl (C=O) groups excluding carboxylic acids is 1. The van der Waals surface area contributed by atoms with Crippen LogP contribution >= 0.6 is 11.3 Å². The van der Waals surface area contributed by atoms with E-state index in [2.05, 4.69) is 11.8 Å². The molecule has 1 fully saturated rings. The molecule has 0 N–H and O–H groups in total. The molecule has 1 aliphatic rings. The highest BCUT2D eigenvalue weighted by molar-refractivity contribution is 7.12. The van der Waals surface area contributed by atoms with Gasteiger partial charge in [-0.3, -0.25) is 4.79 Å². The van der Waals surface area contributed by atoms with Crippen molar-refractivity contribution >= 4 is 17.1 Å². The van der Waals surface area contributed by atoms with Crippen LogP contribution in [0.4, 0.5) is 0 Å². The summed E-state index contributed by atoms with van der Waals surface area (Å²) in [5.74, 6) is 0.299. The number of likely N-dealkylation sites (tertiary alicyclic amines) is 1. The van der Waals surface area contributed by atoms with Crippen molar-refractivity contribution in [3.05, 3.63) is 22.4 Å². The third-order valence-corrected chi connectivity index (χ3v) is 4.27. The SMILES string of the molecule is C[C@@H]1CCCCN1CCC(=O)c1cccs1. The lowest BCUT2D eigenvalue weighted by Crippen LogP contribution is -2.38. The first-order valence-electron chi connectivity index (χ1n) is 6.08. The number of thiophene rings is 1. The first-order chi connectivity index (χ1) is 7.77. The minimum Gasteiger partial charge on any atom is -0.300 e. The molecule has 0 aliphatic carbocycles. The largest absolute Gasteiger partial charge is 0.300 e. The Morgan fingerprint density at radius 1 is 1.56 bits per heavy atom. The fourth-order valence-electron chi connectivity index (χ4n) is 2.30. The second-order valence-corrected chi connectivity index (χ2v) is 5.48. The zero-order valence-corrected chi connectivity index (χ0v) is 10.6. The third-order valence-electron chi connectivity index (χ3n) is 3.36. The molecule has 88 valence electrons.